The van der Waals surface area contributed by atoms with Crippen molar-refractivity contribution in [2.75, 3.05) is 0 Å². The van der Waals surface area contributed by atoms with Gasteiger partial charge in [-0.25, -0.2) is 17.6 Å². The van der Waals surface area contributed by atoms with Crippen LogP contribution in [0.5, 0.6) is 0 Å². The molecule has 28 heavy (non-hydrogen) atoms. The lowest BCUT2D eigenvalue weighted by atomic mass is 9.96. The van der Waals surface area contributed by atoms with Crippen LogP contribution in [0.1, 0.15) is 12.5 Å². The van der Waals surface area contributed by atoms with Crippen LogP contribution in [0.15, 0.2) is 66.7 Å². The Morgan fingerprint density at radius 1 is 0.607 bits per heavy atom. The highest BCUT2D eigenvalue weighted by Gasteiger charge is 2.14. The van der Waals surface area contributed by atoms with Gasteiger partial charge in [-0.1, -0.05) is 55.5 Å². The Hall–Kier alpha value is -3.14. The average Bonchev–Trinajstić information content (AvgIpc) is 2.70. The zero-order valence-electron chi connectivity index (χ0n) is 15.1. The summed E-state index contributed by atoms with van der Waals surface area (Å²) in [6.45, 7) is 2.03. The molecule has 0 aromatic heterocycles. The van der Waals surface area contributed by atoms with Crippen molar-refractivity contribution < 1.29 is 17.6 Å². The van der Waals surface area contributed by atoms with Gasteiger partial charge >= 0.3 is 0 Å². The maximum Gasteiger partial charge on any atom is 0.159 e. The second-order valence-corrected chi connectivity index (χ2v) is 6.66. The molecule has 0 heterocycles. The van der Waals surface area contributed by atoms with E-state index in [0.717, 1.165) is 29.5 Å². The minimum absolute atomic E-state index is 0.122. The normalized spacial score (nSPS) is 11.2. The van der Waals surface area contributed by atoms with Gasteiger partial charge in [0.2, 0.25) is 0 Å². The van der Waals surface area contributed by atoms with E-state index in [0.29, 0.717) is 10.9 Å². The SMILES string of the molecule is CCc1ccc2c(F)c(-c3ccc(-c4ccc(F)c(F)c4)c(F)c3)ccc2c1. The fourth-order valence-electron chi connectivity index (χ4n) is 3.36. The third-order valence-corrected chi connectivity index (χ3v) is 4.94. The van der Waals surface area contributed by atoms with Gasteiger partial charge < -0.3 is 0 Å². The lowest BCUT2D eigenvalue weighted by Gasteiger charge is -2.10. The predicted octanol–water partition coefficient (Wildman–Crippen LogP) is 7.29. The van der Waals surface area contributed by atoms with Crippen molar-refractivity contribution in [1.29, 1.82) is 0 Å². The zero-order valence-corrected chi connectivity index (χ0v) is 15.1. The molecule has 0 spiro atoms. The minimum atomic E-state index is -1.05. The third kappa shape index (κ3) is 3.15. The first-order chi connectivity index (χ1) is 13.5. The highest BCUT2D eigenvalue weighted by molar-refractivity contribution is 5.89. The fourth-order valence-corrected chi connectivity index (χ4v) is 3.36. The molecule has 4 rings (SSSR count). The third-order valence-electron chi connectivity index (χ3n) is 4.94. The molecule has 0 amide bonds. The molecule has 0 aliphatic rings. The van der Waals surface area contributed by atoms with Gasteiger partial charge in [0.05, 0.1) is 0 Å². The van der Waals surface area contributed by atoms with Gasteiger partial charge in [0.1, 0.15) is 11.6 Å². The first-order valence-corrected chi connectivity index (χ1v) is 8.94. The number of aryl methyl sites for hydroxylation is 1. The highest BCUT2D eigenvalue weighted by Crippen LogP contribution is 2.33. The van der Waals surface area contributed by atoms with E-state index < -0.39 is 23.3 Å². The molecular weight excluding hydrogens is 364 g/mol. The number of rotatable bonds is 3. The largest absolute Gasteiger partial charge is 0.206 e. The van der Waals surface area contributed by atoms with Gasteiger partial charge in [0.25, 0.3) is 0 Å². The van der Waals surface area contributed by atoms with Crippen molar-refractivity contribution in [1.82, 2.24) is 0 Å². The van der Waals surface area contributed by atoms with E-state index in [9.17, 15) is 13.2 Å². The van der Waals surface area contributed by atoms with Crippen molar-refractivity contribution in [3.05, 3.63) is 95.6 Å². The van der Waals surface area contributed by atoms with Crippen LogP contribution in [0, 0.1) is 23.3 Å². The second-order valence-electron chi connectivity index (χ2n) is 6.66. The summed E-state index contributed by atoms with van der Waals surface area (Å²) in [4.78, 5) is 0. The van der Waals surface area contributed by atoms with Crippen LogP contribution in [-0.2, 0) is 6.42 Å². The Kier molecular flexibility index (Phi) is 4.63. The van der Waals surface area contributed by atoms with Gasteiger partial charge in [-0.2, -0.15) is 0 Å². The second kappa shape index (κ2) is 7.12. The summed E-state index contributed by atoms with van der Waals surface area (Å²) in [6, 6.07) is 16.4. The van der Waals surface area contributed by atoms with Crippen LogP contribution in [0.25, 0.3) is 33.0 Å². The maximum atomic E-state index is 15.0. The molecule has 4 heteroatoms. The van der Waals surface area contributed by atoms with E-state index in [2.05, 4.69) is 0 Å². The highest BCUT2D eigenvalue weighted by atomic mass is 19.2. The monoisotopic (exact) mass is 380 g/mol. The summed E-state index contributed by atoms with van der Waals surface area (Å²) < 4.78 is 56.2. The Labute approximate surface area is 160 Å². The lowest BCUT2D eigenvalue weighted by Crippen LogP contribution is -1.92. The number of hydrogen-bond acceptors (Lipinski definition) is 0. The van der Waals surface area contributed by atoms with Gasteiger partial charge in [-0.05, 0) is 46.7 Å². The molecule has 0 N–H and O–H groups in total. The minimum Gasteiger partial charge on any atom is -0.206 e. The van der Waals surface area contributed by atoms with Gasteiger partial charge in [0.15, 0.2) is 11.6 Å². The first kappa shape index (κ1) is 18.2. The van der Waals surface area contributed by atoms with Crippen molar-refractivity contribution in [3.8, 4) is 22.3 Å². The van der Waals surface area contributed by atoms with Crippen molar-refractivity contribution >= 4 is 10.8 Å². The quantitative estimate of drug-likeness (QED) is 0.327. The van der Waals surface area contributed by atoms with E-state index in [4.69, 9.17) is 0 Å². The van der Waals surface area contributed by atoms with Crippen LogP contribution >= 0.6 is 0 Å². The van der Waals surface area contributed by atoms with Crippen LogP contribution in [0.4, 0.5) is 17.6 Å². The first-order valence-electron chi connectivity index (χ1n) is 8.94. The zero-order chi connectivity index (χ0) is 19.8. The molecule has 4 aromatic carbocycles. The van der Waals surface area contributed by atoms with Gasteiger partial charge in [-0.15, -0.1) is 0 Å². The summed E-state index contributed by atoms with van der Waals surface area (Å²) >= 11 is 0. The van der Waals surface area contributed by atoms with E-state index >= 15 is 4.39 Å². The Morgan fingerprint density at radius 3 is 2.00 bits per heavy atom. The van der Waals surface area contributed by atoms with E-state index in [1.165, 1.54) is 18.2 Å². The van der Waals surface area contributed by atoms with Crippen LogP contribution < -0.4 is 0 Å². The molecule has 0 nitrogen and oxygen atoms in total. The van der Waals surface area contributed by atoms with Gasteiger partial charge in [-0.3, -0.25) is 0 Å². The molecule has 0 bridgehead atoms. The summed E-state index contributed by atoms with van der Waals surface area (Å²) in [5, 5.41) is 1.26. The maximum absolute atomic E-state index is 15.0. The number of halogens is 4. The molecule has 0 saturated heterocycles. The molecular formula is C24H16F4. The standard InChI is InChI=1S/C24H16F4/c1-2-14-3-7-19-15(11-14)5-9-20(24(19)28)17-4-8-18(22(26)12-17)16-6-10-21(25)23(27)13-16/h3-13H,2H2,1H3. The van der Waals surface area contributed by atoms with Gasteiger partial charge in [0, 0.05) is 16.5 Å². The van der Waals surface area contributed by atoms with E-state index in [1.54, 1.807) is 18.2 Å². The molecule has 4 aromatic rings. The fraction of sp³-hybridized carbons (Fsp3) is 0.0833. The number of benzene rings is 4. The van der Waals surface area contributed by atoms with Crippen LogP contribution in [0.2, 0.25) is 0 Å². The molecule has 0 aliphatic heterocycles. The molecule has 0 atom stereocenters. The summed E-state index contributed by atoms with van der Waals surface area (Å²) in [5.74, 6) is -3.09. The lowest BCUT2D eigenvalue weighted by molar-refractivity contribution is 0.509. The topological polar surface area (TPSA) is 0 Å². The molecule has 0 fully saturated rings. The van der Waals surface area contributed by atoms with Crippen molar-refractivity contribution in [2.45, 2.75) is 13.3 Å². The molecule has 0 saturated carbocycles. The van der Waals surface area contributed by atoms with Crippen LogP contribution in [0.3, 0.4) is 0 Å². The summed E-state index contributed by atoms with van der Waals surface area (Å²) in [5.41, 5.74) is 2.11. The Balaban J connectivity index is 1.78. The van der Waals surface area contributed by atoms with E-state index in [1.807, 2.05) is 25.1 Å². The number of fused-ring (bicyclic) bond motifs is 1. The van der Waals surface area contributed by atoms with Crippen LogP contribution in [-0.4, -0.2) is 0 Å². The Bertz CT molecular complexity index is 1190. The Morgan fingerprint density at radius 2 is 1.29 bits per heavy atom. The number of hydrogen-bond donors (Lipinski definition) is 0. The molecule has 0 unspecified atom stereocenters. The average molecular weight is 380 g/mol. The molecule has 140 valence electrons. The van der Waals surface area contributed by atoms with Crippen molar-refractivity contribution in [2.24, 2.45) is 0 Å². The predicted molar refractivity (Wildman–Crippen MR) is 104 cm³/mol. The summed E-state index contributed by atoms with van der Waals surface area (Å²) in [6.07, 6.45) is 0.857. The summed E-state index contributed by atoms with van der Waals surface area (Å²) in [7, 11) is 0. The van der Waals surface area contributed by atoms with E-state index in [-0.39, 0.29) is 16.7 Å². The molecule has 0 radical (unpaired) electrons. The smallest absolute Gasteiger partial charge is 0.159 e. The molecule has 0 aliphatic carbocycles. The van der Waals surface area contributed by atoms with Crippen molar-refractivity contribution in [3.63, 3.8) is 0 Å².